The molecule has 5 nitrogen and oxygen atoms in total. The monoisotopic (exact) mass is 233 g/mol. The molecule has 0 fully saturated rings. The van der Waals surface area contributed by atoms with Crippen LogP contribution in [0, 0.1) is 6.08 Å². The van der Waals surface area contributed by atoms with Gasteiger partial charge in [-0.3, -0.25) is 0 Å². The van der Waals surface area contributed by atoms with Gasteiger partial charge in [-0.1, -0.05) is 0 Å². The molecular weight excluding hydrogens is 225 g/mol. The maximum atomic E-state index is 10.6. The molecule has 0 aliphatic rings. The van der Waals surface area contributed by atoms with E-state index < -0.39 is 11.9 Å². The van der Waals surface area contributed by atoms with Crippen molar-refractivity contribution in [1.29, 1.82) is 0 Å². The summed E-state index contributed by atoms with van der Waals surface area (Å²) in [6.45, 7) is 0. The topological polar surface area (TPSA) is 89.6 Å². The van der Waals surface area contributed by atoms with Crippen LogP contribution in [0.2, 0.25) is 0 Å². The molecular formula is C8H8NO4V-. The van der Waals surface area contributed by atoms with E-state index in [0.717, 1.165) is 6.08 Å². The number of carboxylic acids is 1. The van der Waals surface area contributed by atoms with Gasteiger partial charge >= 0.3 is 89.3 Å². The van der Waals surface area contributed by atoms with Crippen LogP contribution in [0.4, 0.5) is 0 Å². The third-order valence-electron chi connectivity index (χ3n) is 1.13. The van der Waals surface area contributed by atoms with Gasteiger partial charge in [-0.05, 0) is 0 Å². The van der Waals surface area contributed by atoms with Gasteiger partial charge in [-0.2, -0.15) is 0 Å². The number of nitrogens with two attached hydrogens (primary N) is 1. The van der Waals surface area contributed by atoms with Gasteiger partial charge in [-0.15, -0.1) is 0 Å². The molecule has 0 unspecified atom stereocenters. The van der Waals surface area contributed by atoms with Crippen LogP contribution in [0.15, 0.2) is 17.3 Å². The summed E-state index contributed by atoms with van der Waals surface area (Å²) in [7, 11) is 1.17. The molecule has 0 aromatic carbocycles. The Balaban J connectivity index is 4.78. The van der Waals surface area contributed by atoms with Crippen molar-refractivity contribution in [3.63, 3.8) is 0 Å². The van der Waals surface area contributed by atoms with E-state index >= 15 is 0 Å². The fourth-order valence-electron chi connectivity index (χ4n) is 0.527. The molecule has 0 spiro atoms. The summed E-state index contributed by atoms with van der Waals surface area (Å²) in [6, 6.07) is 0. The summed E-state index contributed by atoms with van der Waals surface area (Å²) in [5, 5.41) is 8.59. The van der Waals surface area contributed by atoms with Crippen molar-refractivity contribution in [3.05, 3.63) is 23.4 Å². The molecule has 0 atom stereocenters. The SMILES string of the molecule is COC(=O)[C-]=C(N)/C=C(\[CH]=[V])C(=O)O. The second-order valence-corrected chi connectivity index (χ2v) is 2.51. The quantitative estimate of drug-likeness (QED) is 0.286. The Kier molecular flexibility index (Phi) is 5.59. The normalized spacial score (nSPS) is 12.0. The number of methoxy groups -OCH3 is 1. The van der Waals surface area contributed by atoms with Crippen LogP contribution in [0.5, 0.6) is 0 Å². The van der Waals surface area contributed by atoms with Crippen LogP contribution in [0.1, 0.15) is 0 Å². The molecule has 0 rings (SSSR count). The van der Waals surface area contributed by atoms with Crippen LogP contribution in [-0.2, 0) is 31.3 Å². The molecule has 0 aromatic rings. The van der Waals surface area contributed by atoms with Gasteiger partial charge in [0.05, 0.1) is 0 Å². The molecule has 0 saturated heterocycles. The van der Waals surface area contributed by atoms with Crippen LogP contribution in [0.25, 0.3) is 0 Å². The molecule has 0 aliphatic carbocycles. The van der Waals surface area contributed by atoms with E-state index in [1.807, 2.05) is 17.0 Å². The number of hydrogen-bond acceptors (Lipinski definition) is 4. The summed E-state index contributed by atoms with van der Waals surface area (Å²) < 4.78 is 5.55. The van der Waals surface area contributed by atoms with Crippen LogP contribution < -0.4 is 5.73 Å². The van der Waals surface area contributed by atoms with Crippen molar-refractivity contribution in [2.45, 2.75) is 0 Å². The predicted octanol–water partition coefficient (Wildman–Crippen LogP) is -0.835. The van der Waals surface area contributed by atoms with Crippen molar-refractivity contribution >= 4 is 16.7 Å². The average molecular weight is 233 g/mol. The molecule has 0 radical (unpaired) electrons. The second-order valence-electron chi connectivity index (χ2n) is 2.11. The molecule has 0 amide bonds. The van der Waals surface area contributed by atoms with Crippen LogP contribution >= 0.6 is 0 Å². The fourth-order valence-corrected chi connectivity index (χ4v) is 0.816. The molecule has 0 aromatic heterocycles. The molecule has 0 bridgehead atoms. The zero-order chi connectivity index (χ0) is 11.1. The standard InChI is InChI=1S/C8H8NO4.V/c1-5(8(11)12)3-6(9)4-7(10)13-2;/h1,3H,9H2,2H3,(H,11,12);/q-1;/b5-3+;. The number of rotatable bonds is 4. The second kappa shape index (κ2) is 6.18. The van der Waals surface area contributed by atoms with Crippen molar-refractivity contribution in [3.8, 4) is 0 Å². The zero-order valence-corrected chi connectivity index (χ0v) is 8.75. The predicted molar refractivity (Wildman–Crippen MR) is 44.7 cm³/mol. The Labute approximate surface area is 89.7 Å². The number of hydrogen-bond donors (Lipinski definition) is 2. The fraction of sp³-hybridized carbons (Fsp3) is 0.125. The number of carbonyl (C=O) groups is 2. The number of ether oxygens (including phenoxy) is 1. The van der Waals surface area contributed by atoms with Crippen LogP contribution in [0.3, 0.4) is 0 Å². The van der Waals surface area contributed by atoms with Gasteiger partial charge in [0.2, 0.25) is 0 Å². The molecule has 75 valence electrons. The average Bonchev–Trinajstić information content (AvgIpc) is 2.13. The Hall–Kier alpha value is -1.33. The van der Waals surface area contributed by atoms with Crippen molar-refractivity contribution in [1.82, 2.24) is 0 Å². The molecule has 3 N–H and O–H groups in total. The Morgan fingerprint density at radius 2 is 2.14 bits per heavy atom. The zero-order valence-electron chi connectivity index (χ0n) is 7.35. The summed E-state index contributed by atoms with van der Waals surface area (Å²) >= 11 is 1.98. The molecule has 14 heavy (non-hydrogen) atoms. The number of carboxylic acid groups (broad SMARTS) is 1. The van der Waals surface area contributed by atoms with E-state index in [1.165, 1.54) is 11.8 Å². The van der Waals surface area contributed by atoms with Gasteiger partial charge in [0.25, 0.3) is 0 Å². The van der Waals surface area contributed by atoms with Gasteiger partial charge in [0.1, 0.15) is 0 Å². The summed E-state index contributed by atoms with van der Waals surface area (Å²) in [4.78, 5) is 21.1. The van der Waals surface area contributed by atoms with E-state index in [0.29, 0.717) is 0 Å². The minimum atomic E-state index is -1.14. The maximum absolute atomic E-state index is 10.6. The summed E-state index contributed by atoms with van der Waals surface area (Å²) in [5.74, 6) is -1.89. The first-order valence-electron chi connectivity index (χ1n) is 3.41. The first-order chi connectivity index (χ1) is 6.51. The minimum absolute atomic E-state index is 0.0427. The van der Waals surface area contributed by atoms with Gasteiger partial charge < -0.3 is 0 Å². The van der Waals surface area contributed by atoms with Gasteiger partial charge in [0, 0.05) is 0 Å². The first kappa shape index (κ1) is 12.7. The van der Waals surface area contributed by atoms with E-state index in [9.17, 15) is 9.59 Å². The third-order valence-corrected chi connectivity index (χ3v) is 1.56. The van der Waals surface area contributed by atoms with E-state index in [2.05, 4.69) is 10.8 Å². The Morgan fingerprint density at radius 1 is 1.57 bits per heavy atom. The Morgan fingerprint density at radius 3 is 2.50 bits per heavy atom. The van der Waals surface area contributed by atoms with Crippen molar-refractivity contribution < 1.29 is 36.4 Å². The Bertz CT molecular complexity index is 319. The number of aliphatic carboxylic acids is 1. The first-order valence-corrected chi connectivity index (χ1v) is 4.21. The summed E-state index contributed by atoms with van der Waals surface area (Å²) in [5.41, 5.74) is 5.16. The number of carbonyl (C=O) groups excluding carboxylic acids is 1. The molecule has 6 heteroatoms. The molecule has 0 saturated carbocycles. The van der Waals surface area contributed by atoms with Crippen molar-refractivity contribution in [2.24, 2.45) is 5.73 Å². The van der Waals surface area contributed by atoms with Gasteiger partial charge in [-0.25, -0.2) is 0 Å². The number of esters is 1. The van der Waals surface area contributed by atoms with Crippen LogP contribution in [-0.4, -0.2) is 28.9 Å². The van der Waals surface area contributed by atoms with E-state index in [1.54, 1.807) is 0 Å². The van der Waals surface area contributed by atoms with Gasteiger partial charge in [0.15, 0.2) is 0 Å². The van der Waals surface area contributed by atoms with Crippen molar-refractivity contribution in [2.75, 3.05) is 7.11 Å². The molecule has 0 aliphatic heterocycles. The van der Waals surface area contributed by atoms with E-state index in [-0.39, 0.29) is 11.3 Å². The third kappa shape index (κ3) is 4.64. The number of allylic oxidation sites excluding steroid dienone is 1. The summed E-state index contributed by atoms with van der Waals surface area (Å²) in [6.07, 6.45) is 3.22. The molecule has 0 heterocycles. The van der Waals surface area contributed by atoms with E-state index in [4.69, 9.17) is 10.8 Å².